The van der Waals surface area contributed by atoms with Crippen LogP contribution in [0.4, 0.5) is 0 Å². The molecule has 0 radical (unpaired) electrons. The SMILES string of the molecule is CCCCCCCCC1CCCC(CCCCCCCOCO)C1CCCCCCCOCO. The topological polar surface area (TPSA) is 58.9 Å². The molecule has 1 saturated carbocycles. The van der Waals surface area contributed by atoms with E-state index in [1.54, 1.807) is 0 Å². The summed E-state index contributed by atoms with van der Waals surface area (Å²) in [6.07, 6.45) is 30.1. The number of unbranched alkanes of at least 4 members (excludes halogenated alkanes) is 13. The fourth-order valence-corrected chi connectivity index (χ4v) is 6.21. The van der Waals surface area contributed by atoms with Crippen LogP contribution in [0.3, 0.4) is 0 Å². The van der Waals surface area contributed by atoms with Crippen molar-refractivity contribution in [2.75, 3.05) is 26.8 Å². The Hall–Kier alpha value is -0.160. The molecule has 0 bridgehead atoms. The summed E-state index contributed by atoms with van der Waals surface area (Å²) in [4.78, 5) is 0. The van der Waals surface area contributed by atoms with Crippen molar-refractivity contribution in [3.8, 4) is 0 Å². The van der Waals surface area contributed by atoms with Crippen LogP contribution in [0.2, 0.25) is 0 Å². The van der Waals surface area contributed by atoms with Crippen molar-refractivity contribution < 1.29 is 19.7 Å². The van der Waals surface area contributed by atoms with Gasteiger partial charge < -0.3 is 19.7 Å². The molecule has 4 nitrogen and oxygen atoms in total. The zero-order chi connectivity index (χ0) is 24.5. The molecule has 4 heteroatoms. The molecule has 2 N–H and O–H groups in total. The van der Waals surface area contributed by atoms with Crippen LogP contribution in [0.25, 0.3) is 0 Å². The summed E-state index contributed by atoms with van der Waals surface area (Å²) in [6, 6.07) is 0. The van der Waals surface area contributed by atoms with Crippen molar-refractivity contribution >= 4 is 0 Å². The van der Waals surface area contributed by atoms with Crippen molar-refractivity contribution in [1.82, 2.24) is 0 Å². The highest BCUT2D eigenvalue weighted by atomic mass is 16.6. The highest BCUT2D eigenvalue weighted by Crippen LogP contribution is 2.43. The molecule has 0 saturated heterocycles. The van der Waals surface area contributed by atoms with Crippen LogP contribution in [0.5, 0.6) is 0 Å². The monoisotopic (exact) mass is 484 g/mol. The maximum Gasteiger partial charge on any atom is 0.143 e. The number of aliphatic hydroxyl groups is 2. The van der Waals surface area contributed by atoms with Gasteiger partial charge in [0.25, 0.3) is 0 Å². The lowest BCUT2D eigenvalue weighted by atomic mass is 9.67. The fraction of sp³-hybridized carbons (Fsp3) is 1.00. The highest BCUT2D eigenvalue weighted by molar-refractivity contribution is 4.82. The summed E-state index contributed by atoms with van der Waals surface area (Å²) < 4.78 is 10.1. The van der Waals surface area contributed by atoms with Crippen LogP contribution in [0, 0.1) is 17.8 Å². The minimum atomic E-state index is -0.138. The van der Waals surface area contributed by atoms with E-state index in [4.69, 9.17) is 19.7 Å². The second kappa shape index (κ2) is 24.5. The van der Waals surface area contributed by atoms with Gasteiger partial charge in [-0.3, -0.25) is 0 Å². The van der Waals surface area contributed by atoms with E-state index in [-0.39, 0.29) is 13.6 Å². The maximum atomic E-state index is 8.72. The smallest absolute Gasteiger partial charge is 0.143 e. The third-order valence-corrected chi connectivity index (χ3v) is 8.16. The van der Waals surface area contributed by atoms with Crippen LogP contribution in [0.1, 0.15) is 148 Å². The van der Waals surface area contributed by atoms with Crippen LogP contribution in [-0.2, 0) is 9.47 Å². The van der Waals surface area contributed by atoms with E-state index < -0.39 is 0 Å². The molecule has 1 aliphatic carbocycles. The van der Waals surface area contributed by atoms with Gasteiger partial charge in [0.2, 0.25) is 0 Å². The average Bonchev–Trinajstić information content (AvgIpc) is 2.85. The predicted octanol–water partition coefficient (Wildman–Crippen LogP) is 8.38. The maximum absolute atomic E-state index is 8.72. The van der Waals surface area contributed by atoms with E-state index in [1.165, 1.54) is 128 Å². The first-order valence-corrected chi connectivity index (χ1v) is 15.2. The zero-order valence-corrected chi connectivity index (χ0v) is 22.8. The van der Waals surface area contributed by atoms with E-state index in [9.17, 15) is 0 Å². The molecule has 0 aliphatic heterocycles. The van der Waals surface area contributed by atoms with E-state index in [0.717, 1.165) is 30.6 Å². The summed E-state index contributed by atoms with van der Waals surface area (Å²) in [7, 11) is 0. The largest absolute Gasteiger partial charge is 0.371 e. The second-order valence-electron chi connectivity index (χ2n) is 10.9. The van der Waals surface area contributed by atoms with Crippen molar-refractivity contribution in [1.29, 1.82) is 0 Å². The first-order chi connectivity index (χ1) is 16.8. The quantitative estimate of drug-likeness (QED) is 0.101. The van der Waals surface area contributed by atoms with Gasteiger partial charge in [0, 0.05) is 13.2 Å². The van der Waals surface area contributed by atoms with Crippen LogP contribution >= 0.6 is 0 Å². The summed E-state index contributed by atoms with van der Waals surface area (Å²) in [5.74, 6) is 2.92. The number of hydrogen-bond acceptors (Lipinski definition) is 4. The molecule has 1 aliphatic rings. The van der Waals surface area contributed by atoms with Gasteiger partial charge in [-0.05, 0) is 37.0 Å². The first-order valence-electron chi connectivity index (χ1n) is 15.2. The number of hydrogen-bond donors (Lipinski definition) is 2. The Morgan fingerprint density at radius 1 is 0.529 bits per heavy atom. The Labute approximate surface area is 212 Å². The van der Waals surface area contributed by atoms with Gasteiger partial charge in [-0.2, -0.15) is 0 Å². The minimum Gasteiger partial charge on any atom is -0.371 e. The van der Waals surface area contributed by atoms with Crippen molar-refractivity contribution in [2.24, 2.45) is 17.8 Å². The summed E-state index contributed by atoms with van der Waals surface area (Å²) >= 11 is 0. The van der Waals surface area contributed by atoms with Gasteiger partial charge in [-0.25, -0.2) is 0 Å². The Balaban J connectivity index is 2.35. The zero-order valence-electron chi connectivity index (χ0n) is 22.8. The lowest BCUT2D eigenvalue weighted by Crippen LogP contribution is -2.28. The average molecular weight is 485 g/mol. The van der Waals surface area contributed by atoms with Gasteiger partial charge in [0.15, 0.2) is 0 Å². The van der Waals surface area contributed by atoms with Crippen LogP contribution in [-0.4, -0.2) is 37.0 Å². The van der Waals surface area contributed by atoms with E-state index >= 15 is 0 Å². The summed E-state index contributed by atoms with van der Waals surface area (Å²) in [5.41, 5.74) is 0. The molecule has 34 heavy (non-hydrogen) atoms. The Bertz CT molecular complexity index is 403. The molecule has 204 valence electrons. The molecule has 0 aromatic rings. The van der Waals surface area contributed by atoms with Gasteiger partial charge in [-0.15, -0.1) is 0 Å². The molecular weight excluding hydrogens is 424 g/mol. The first kappa shape index (κ1) is 31.9. The van der Waals surface area contributed by atoms with Gasteiger partial charge in [0.1, 0.15) is 13.6 Å². The van der Waals surface area contributed by atoms with Crippen molar-refractivity contribution in [3.63, 3.8) is 0 Å². The molecule has 0 amide bonds. The lowest BCUT2D eigenvalue weighted by Gasteiger charge is -2.39. The molecule has 3 atom stereocenters. The van der Waals surface area contributed by atoms with Crippen LogP contribution < -0.4 is 0 Å². The molecule has 0 heterocycles. The molecule has 1 fully saturated rings. The second-order valence-corrected chi connectivity index (χ2v) is 10.9. The third kappa shape index (κ3) is 17.3. The van der Waals surface area contributed by atoms with Gasteiger partial charge in [-0.1, -0.05) is 129 Å². The van der Waals surface area contributed by atoms with E-state index in [1.807, 2.05) is 0 Å². The number of aliphatic hydroxyl groups excluding tert-OH is 2. The summed E-state index contributed by atoms with van der Waals surface area (Å²) in [6.45, 7) is 3.44. The van der Waals surface area contributed by atoms with Crippen molar-refractivity contribution in [3.05, 3.63) is 0 Å². The number of ether oxygens (including phenoxy) is 2. The molecule has 3 unspecified atom stereocenters. The van der Waals surface area contributed by atoms with E-state index in [0.29, 0.717) is 13.2 Å². The summed E-state index contributed by atoms with van der Waals surface area (Å²) in [5, 5.41) is 17.4. The highest BCUT2D eigenvalue weighted by Gasteiger charge is 2.31. The predicted molar refractivity (Wildman–Crippen MR) is 144 cm³/mol. The molecule has 0 spiro atoms. The Kier molecular flexibility index (Phi) is 23.0. The molecule has 0 aromatic heterocycles. The number of rotatable bonds is 25. The standard InChI is InChI=1S/C30H60O4/c1-2-3-4-5-8-13-19-28-21-18-22-29(20-14-9-6-11-16-24-33-26-31)30(28)23-15-10-7-12-17-25-34-27-32/h28-32H,2-27H2,1H3. The van der Waals surface area contributed by atoms with Crippen LogP contribution in [0.15, 0.2) is 0 Å². The third-order valence-electron chi connectivity index (χ3n) is 8.16. The Morgan fingerprint density at radius 3 is 1.41 bits per heavy atom. The fourth-order valence-electron chi connectivity index (χ4n) is 6.21. The lowest BCUT2D eigenvalue weighted by molar-refractivity contribution is -0.00318. The molecular formula is C30H60O4. The minimum absolute atomic E-state index is 0.138. The van der Waals surface area contributed by atoms with Crippen molar-refractivity contribution in [2.45, 2.75) is 148 Å². The van der Waals surface area contributed by atoms with Gasteiger partial charge in [0.05, 0.1) is 0 Å². The molecule has 0 aromatic carbocycles. The van der Waals surface area contributed by atoms with E-state index in [2.05, 4.69) is 6.92 Å². The normalized spacial score (nSPS) is 20.7. The Morgan fingerprint density at radius 2 is 0.941 bits per heavy atom. The van der Waals surface area contributed by atoms with Gasteiger partial charge >= 0.3 is 0 Å². The molecule has 1 rings (SSSR count).